The number of thiazole rings is 1. The summed E-state index contributed by atoms with van der Waals surface area (Å²) in [6.45, 7) is 0.565. The summed E-state index contributed by atoms with van der Waals surface area (Å²) >= 11 is 12.9. The van der Waals surface area contributed by atoms with Gasteiger partial charge < -0.3 is 5.32 Å². The van der Waals surface area contributed by atoms with Gasteiger partial charge >= 0.3 is 0 Å². The van der Waals surface area contributed by atoms with Gasteiger partial charge in [-0.1, -0.05) is 23.2 Å². The van der Waals surface area contributed by atoms with E-state index < -0.39 is 5.82 Å². The third-order valence-corrected chi connectivity index (χ3v) is 3.24. The van der Waals surface area contributed by atoms with Crippen LogP contribution in [0.3, 0.4) is 0 Å². The maximum atomic E-state index is 13.1. The number of halogens is 3. The highest BCUT2D eigenvalue weighted by atomic mass is 35.5. The molecule has 16 heavy (non-hydrogen) atoms. The van der Waals surface area contributed by atoms with Gasteiger partial charge in [0.15, 0.2) is 5.82 Å². The van der Waals surface area contributed by atoms with Crippen LogP contribution in [-0.4, -0.2) is 4.98 Å². The zero-order valence-electron chi connectivity index (χ0n) is 8.01. The van der Waals surface area contributed by atoms with Crippen LogP contribution in [0.1, 0.15) is 5.01 Å². The standard InChI is InChI=1S/C10H7Cl2FN2S/c11-7-3-6(4-8(12)10(7)13)15-5-9-14-1-2-16-9/h1-4,15H,5H2. The minimum Gasteiger partial charge on any atom is -0.378 e. The molecule has 84 valence electrons. The molecular formula is C10H7Cl2FN2S. The first-order valence-corrected chi connectivity index (χ1v) is 6.07. The summed E-state index contributed by atoms with van der Waals surface area (Å²) in [5.74, 6) is -0.594. The van der Waals surface area contributed by atoms with Crippen LogP contribution in [0.4, 0.5) is 10.1 Å². The molecule has 0 spiro atoms. The number of nitrogens with one attached hydrogen (secondary N) is 1. The van der Waals surface area contributed by atoms with Crippen molar-refractivity contribution in [1.29, 1.82) is 0 Å². The average Bonchev–Trinajstić information content (AvgIpc) is 2.75. The Hall–Kier alpha value is -0.840. The molecule has 2 aromatic rings. The second kappa shape index (κ2) is 4.99. The topological polar surface area (TPSA) is 24.9 Å². The van der Waals surface area contributed by atoms with Crippen molar-refractivity contribution in [2.45, 2.75) is 6.54 Å². The molecule has 0 aliphatic rings. The average molecular weight is 277 g/mol. The van der Waals surface area contributed by atoms with E-state index in [9.17, 15) is 4.39 Å². The zero-order chi connectivity index (χ0) is 11.5. The zero-order valence-corrected chi connectivity index (χ0v) is 10.3. The molecule has 0 saturated heterocycles. The molecule has 2 nitrogen and oxygen atoms in total. The highest BCUT2D eigenvalue weighted by molar-refractivity contribution is 7.09. The molecule has 1 N–H and O–H groups in total. The van der Waals surface area contributed by atoms with Crippen LogP contribution in [0.15, 0.2) is 23.7 Å². The van der Waals surface area contributed by atoms with Crippen LogP contribution < -0.4 is 5.32 Å². The van der Waals surface area contributed by atoms with Crippen LogP contribution >= 0.6 is 34.5 Å². The van der Waals surface area contributed by atoms with Gasteiger partial charge in [0, 0.05) is 17.3 Å². The van der Waals surface area contributed by atoms with Gasteiger partial charge in [-0.25, -0.2) is 9.37 Å². The van der Waals surface area contributed by atoms with Crippen molar-refractivity contribution in [1.82, 2.24) is 4.98 Å². The fourth-order valence-electron chi connectivity index (χ4n) is 1.18. The highest BCUT2D eigenvalue weighted by Gasteiger charge is 2.07. The van der Waals surface area contributed by atoms with E-state index in [1.807, 2.05) is 5.38 Å². The molecule has 0 aliphatic carbocycles. The fourth-order valence-corrected chi connectivity index (χ4v) is 2.22. The Bertz CT molecular complexity index is 465. The van der Waals surface area contributed by atoms with Crippen molar-refractivity contribution < 1.29 is 4.39 Å². The second-order valence-corrected chi connectivity index (χ2v) is 4.83. The summed E-state index contributed by atoms with van der Waals surface area (Å²) in [6, 6.07) is 2.99. The third-order valence-electron chi connectivity index (χ3n) is 1.91. The number of rotatable bonds is 3. The normalized spacial score (nSPS) is 10.4. The molecule has 0 saturated carbocycles. The number of nitrogens with zero attached hydrogens (tertiary/aromatic N) is 1. The molecule has 0 amide bonds. The molecule has 0 aliphatic heterocycles. The number of anilines is 1. The van der Waals surface area contributed by atoms with Gasteiger partial charge in [-0.3, -0.25) is 0 Å². The van der Waals surface area contributed by atoms with Gasteiger partial charge in [0.1, 0.15) is 5.01 Å². The molecule has 1 heterocycles. The van der Waals surface area contributed by atoms with E-state index in [4.69, 9.17) is 23.2 Å². The molecule has 1 aromatic carbocycles. The highest BCUT2D eigenvalue weighted by Crippen LogP contribution is 2.27. The molecule has 0 bridgehead atoms. The molecule has 6 heteroatoms. The Morgan fingerprint density at radius 1 is 1.31 bits per heavy atom. The number of hydrogen-bond acceptors (Lipinski definition) is 3. The first kappa shape index (κ1) is 11.6. The van der Waals surface area contributed by atoms with Crippen LogP contribution in [0.25, 0.3) is 0 Å². The summed E-state index contributed by atoms with van der Waals surface area (Å²) < 4.78 is 13.1. The van der Waals surface area contributed by atoms with Crippen LogP contribution in [0, 0.1) is 5.82 Å². The lowest BCUT2D eigenvalue weighted by Crippen LogP contribution is -1.99. The molecular weight excluding hydrogens is 270 g/mol. The van der Waals surface area contributed by atoms with E-state index in [1.54, 1.807) is 17.5 Å². The minimum absolute atomic E-state index is 0.00846. The lowest BCUT2D eigenvalue weighted by Gasteiger charge is -2.06. The lowest BCUT2D eigenvalue weighted by molar-refractivity contribution is 0.629. The van der Waals surface area contributed by atoms with E-state index in [-0.39, 0.29) is 10.0 Å². The summed E-state index contributed by atoms with van der Waals surface area (Å²) in [7, 11) is 0. The van der Waals surface area contributed by atoms with E-state index >= 15 is 0 Å². The summed E-state index contributed by atoms with van der Waals surface area (Å²) in [5.41, 5.74) is 0.673. The minimum atomic E-state index is -0.594. The van der Waals surface area contributed by atoms with Crippen LogP contribution in [-0.2, 0) is 6.54 Å². The maximum Gasteiger partial charge on any atom is 0.160 e. The van der Waals surface area contributed by atoms with E-state index in [0.29, 0.717) is 12.2 Å². The summed E-state index contributed by atoms with van der Waals surface area (Å²) in [6.07, 6.45) is 1.73. The Balaban J connectivity index is 2.10. The van der Waals surface area contributed by atoms with Crippen molar-refractivity contribution in [3.05, 3.63) is 44.6 Å². The largest absolute Gasteiger partial charge is 0.378 e. The fraction of sp³-hybridized carbons (Fsp3) is 0.100. The Morgan fingerprint density at radius 3 is 2.56 bits per heavy atom. The second-order valence-electron chi connectivity index (χ2n) is 3.03. The van der Waals surface area contributed by atoms with Gasteiger partial charge in [0.05, 0.1) is 16.6 Å². The number of benzene rings is 1. The first-order chi connectivity index (χ1) is 7.66. The Labute approximate surface area is 106 Å². The SMILES string of the molecule is Fc1c(Cl)cc(NCc2nccs2)cc1Cl. The van der Waals surface area contributed by atoms with Gasteiger partial charge in [-0.05, 0) is 12.1 Å². The Morgan fingerprint density at radius 2 is 2.00 bits per heavy atom. The molecule has 1 aromatic heterocycles. The van der Waals surface area contributed by atoms with Crippen molar-refractivity contribution in [2.75, 3.05) is 5.32 Å². The molecule has 0 unspecified atom stereocenters. The maximum absolute atomic E-state index is 13.1. The van der Waals surface area contributed by atoms with Crippen molar-refractivity contribution in [3.63, 3.8) is 0 Å². The van der Waals surface area contributed by atoms with Crippen molar-refractivity contribution >= 4 is 40.2 Å². The predicted molar refractivity (Wildman–Crippen MR) is 65.9 cm³/mol. The van der Waals surface area contributed by atoms with E-state index in [2.05, 4.69) is 10.3 Å². The lowest BCUT2D eigenvalue weighted by atomic mass is 10.3. The predicted octanol–water partition coefficient (Wildman–Crippen LogP) is 4.20. The van der Waals surface area contributed by atoms with Crippen LogP contribution in [0.5, 0.6) is 0 Å². The Kier molecular flexibility index (Phi) is 3.63. The van der Waals surface area contributed by atoms with E-state index in [0.717, 1.165) is 5.01 Å². The monoisotopic (exact) mass is 276 g/mol. The van der Waals surface area contributed by atoms with Crippen molar-refractivity contribution in [2.24, 2.45) is 0 Å². The third kappa shape index (κ3) is 2.64. The first-order valence-electron chi connectivity index (χ1n) is 4.43. The smallest absolute Gasteiger partial charge is 0.160 e. The van der Waals surface area contributed by atoms with Gasteiger partial charge in [0.25, 0.3) is 0 Å². The molecule has 2 rings (SSSR count). The quantitative estimate of drug-likeness (QED) is 0.850. The number of hydrogen-bond donors (Lipinski definition) is 1. The van der Waals surface area contributed by atoms with Gasteiger partial charge in [0.2, 0.25) is 0 Å². The molecule has 0 radical (unpaired) electrons. The van der Waals surface area contributed by atoms with Gasteiger partial charge in [-0.2, -0.15) is 0 Å². The van der Waals surface area contributed by atoms with Crippen molar-refractivity contribution in [3.8, 4) is 0 Å². The van der Waals surface area contributed by atoms with E-state index in [1.165, 1.54) is 12.1 Å². The summed E-state index contributed by atoms with van der Waals surface area (Å²) in [5, 5.41) is 5.92. The summed E-state index contributed by atoms with van der Waals surface area (Å²) in [4.78, 5) is 4.11. The number of aromatic nitrogens is 1. The molecule has 0 atom stereocenters. The van der Waals surface area contributed by atoms with Crippen LogP contribution in [0.2, 0.25) is 10.0 Å². The molecule has 0 fully saturated rings. The van der Waals surface area contributed by atoms with Gasteiger partial charge in [-0.15, -0.1) is 11.3 Å².